The van der Waals surface area contributed by atoms with E-state index in [1.807, 2.05) is 37.3 Å². The number of rotatable bonds is 12. The Balaban J connectivity index is 1.57. The molecule has 0 saturated heterocycles. The molecule has 252 valence electrons. The Morgan fingerprint density at radius 2 is 1.52 bits per heavy atom. The maximum Gasteiger partial charge on any atom is 0.264 e. The summed E-state index contributed by atoms with van der Waals surface area (Å²) in [4.78, 5) is 30.2. The molecule has 1 unspecified atom stereocenters. The number of carbonyl (C=O) groups excluding carboxylic acids is 2. The van der Waals surface area contributed by atoms with Gasteiger partial charge in [0.25, 0.3) is 10.0 Å². The van der Waals surface area contributed by atoms with E-state index >= 15 is 0 Å². The van der Waals surface area contributed by atoms with E-state index in [1.165, 1.54) is 47.4 Å². The number of hydrogen-bond donors (Lipinski definition) is 1. The number of nitrogens with zero attached hydrogens (tertiary/aromatic N) is 2. The van der Waals surface area contributed by atoms with E-state index in [0.717, 1.165) is 47.5 Å². The van der Waals surface area contributed by atoms with E-state index in [9.17, 15) is 22.4 Å². The second-order valence-corrected chi connectivity index (χ2v) is 14.8. The van der Waals surface area contributed by atoms with Gasteiger partial charge in [-0.25, -0.2) is 12.8 Å². The van der Waals surface area contributed by atoms with Crippen molar-refractivity contribution in [2.45, 2.75) is 69.0 Å². The molecule has 5 rings (SSSR count). The third-order valence-corrected chi connectivity index (χ3v) is 11.1. The van der Waals surface area contributed by atoms with Crippen molar-refractivity contribution in [3.63, 3.8) is 0 Å². The van der Waals surface area contributed by atoms with Gasteiger partial charge in [-0.3, -0.25) is 13.9 Å². The van der Waals surface area contributed by atoms with E-state index in [2.05, 4.69) is 5.32 Å². The summed E-state index contributed by atoms with van der Waals surface area (Å²) >= 11 is 12.5. The number of sulfonamides is 1. The Bertz CT molecular complexity index is 1820. The first-order valence-corrected chi connectivity index (χ1v) is 18.1. The minimum absolute atomic E-state index is 0.0204. The molecule has 0 radical (unpaired) electrons. The van der Waals surface area contributed by atoms with Crippen LogP contribution in [0, 0.1) is 12.7 Å². The van der Waals surface area contributed by atoms with Crippen LogP contribution in [-0.2, 0) is 32.6 Å². The fraction of sp³-hybridized carbons (Fsp3) is 0.297. The molecule has 7 nitrogen and oxygen atoms in total. The van der Waals surface area contributed by atoms with Crippen LogP contribution < -0.4 is 9.62 Å². The first-order valence-electron chi connectivity index (χ1n) is 15.9. The molecule has 2 amide bonds. The summed E-state index contributed by atoms with van der Waals surface area (Å²) < 4.78 is 43.3. The monoisotopic (exact) mass is 709 g/mol. The molecular weight excluding hydrogens is 672 g/mol. The lowest BCUT2D eigenvalue weighted by Gasteiger charge is -2.35. The van der Waals surface area contributed by atoms with E-state index in [1.54, 1.807) is 24.3 Å². The Labute approximate surface area is 291 Å². The van der Waals surface area contributed by atoms with Crippen LogP contribution in [0.5, 0.6) is 0 Å². The lowest BCUT2D eigenvalue weighted by molar-refractivity contribution is -0.140. The van der Waals surface area contributed by atoms with Gasteiger partial charge < -0.3 is 10.2 Å². The Morgan fingerprint density at radius 3 is 2.17 bits per heavy atom. The molecule has 1 aliphatic rings. The molecule has 0 heterocycles. The number of nitrogens with one attached hydrogen (secondary N) is 1. The van der Waals surface area contributed by atoms with Crippen molar-refractivity contribution in [2.24, 2.45) is 0 Å². The Hall–Kier alpha value is -3.92. The van der Waals surface area contributed by atoms with Gasteiger partial charge in [0.15, 0.2) is 0 Å². The molecule has 11 heteroatoms. The van der Waals surface area contributed by atoms with E-state index < -0.39 is 34.3 Å². The molecule has 0 bridgehead atoms. The van der Waals surface area contributed by atoms with Gasteiger partial charge >= 0.3 is 0 Å². The van der Waals surface area contributed by atoms with Crippen molar-refractivity contribution >= 4 is 50.7 Å². The van der Waals surface area contributed by atoms with Crippen LogP contribution in [0.1, 0.15) is 48.8 Å². The van der Waals surface area contributed by atoms with Crippen LogP contribution >= 0.6 is 23.2 Å². The van der Waals surface area contributed by atoms with Crippen LogP contribution in [0.25, 0.3) is 0 Å². The van der Waals surface area contributed by atoms with E-state index in [-0.39, 0.29) is 45.5 Å². The van der Waals surface area contributed by atoms with Gasteiger partial charge in [-0.15, -0.1) is 0 Å². The largest absolute Gasteiger partial charge is 0.352 e. The van der Waals surface area contributed by atoms with Crippen LogP contribution in [0.3, 0.4) is 0 Å². The highest BCUT2D eigenvalue weighted by Crippen LogP contribution is 2.31. The highest BCUT2D eigenvalue weighted by atomic mass is 35.5. The van der Waals surface area contributed by atoms with Crippen molar-refractivity contribution in [2.75, 3.05) is 10.8 Å². The smallest absolute Gasteiger partial charge is 0.264 e. The second kappa shape index (κ2) is 16.0. The molecular formula is C37H38Cl2FN3O4S. The standard InChI is InChI=1S/C37H38Cl2FN3O4S/c1-26-12-19-32(20-13-26)48(46,47)43(31-18-21-33(38)34(39)23-31)25-36(44)42(24-28-14-16-29(40)17-15-28)35(22-27-8-4-2-5-9-27)37(45)41-30-10-6-3-7-11-30/h2,4-5,8-9,12-21,23,30,35H,3,6-7,10-11,22,24-25H2,1H3,(H,41,45). The summed E-state index contributed by atoms with van der Waals surface area (Å²) in [5.74, 6) is -1.40. The molecule has 1 aliphatic carbocycles. The minimum atomic E-state index is -4.30. The molecule has 1 fully saturated rings. The number of amides is 2. The molecule has 1 N–H and O–H groups in total. The third kappa shape index (κ3) is 8.95. The fourth-order valence-electron chi connectivity index (χ4n) is 5.89. The topological polar surface area (TPSA) is 86.8 Å². The summed E-state index contributed by atoms with van der Waals surface area (Å²) in [5, 5.41) is 3.51. The van der Waals surface area contributed by atoms with Crippen LogP contribution in [0.4, 0.5) is 10.1 Å². The van der Waals surface area contributed by atoms with Crippen molar-refractivity contribution < 1.29 is 22.4 Å². The molecule has 1 saturated carbocycles. The maximum absolute atomic E-state index is 14.6. The van der Waals surface area contributed by atoms with Gasteiger partial charge in [0.1, 0.15) is 18.4 Å². The zero-order chi connectivity index (χ0) is 34.3. The zero-order valence-electron chi connectivity index (χ0n) is 26.6. The van der Waals surface area contributed by atoms with Crippen molar-refractivity contribution in [3.8, 4) is 0 Å². The number of anilines is 1. The van der Waals surface area contributed by atoms with Gasteiger partial charge in [-0.2, -0.15) is 0 Å². The van der Waals surface area contributed by atoms with E-state index in [4.69, 9.17) is 23.2 Å². The van der Waals surface area contributed by atoms with Gasteiger partial charge in [0, 0.05) is 19.0 Å². The molecule has 0 aromatic heterocycles. The molecule has 1 atom stereocenters. The van der Waals surface area contributed by atoms with Crippen molar-refractivity contribution in [1.82, 2.24) is 10.2 Å². The third-order valence-electron chi connectivity index (χ3n) is 8.57. The highest BCUT2D eigenvalue weighted by molar-refractivity contribution is 7.92. The molecule has 4 aromatic rings. The average molecular weight is 711 g/mol. The van der Waals surface area contributed by atoms with Crippen LogP contribution in [-0.4, -0.2) is 43.8 Å². The summed E-state index contributed by atoms with van der Waals surface area (Å²) in [6.07, 6.45) is 4.98. The second-order valence-electron chi connectivity index (χ2n) is 12.1. The quantitative estimate of drug-likeness (QED) is 0.163. The van der Waals surface area contributed by atoms with Crippen LogP contribution in [0.2, 0.25) is 10.0 Å². The van der Waals surface area contributed by atoms with Gasteiger partial charge in [-0.1, -0.05) is 103 Å². The predicted molar refractivity (Wildman–Crippen MR) is 188 cm³/mol. The fourth-order valence-corrected chi connectivity index (χ4v) is 7.59. The number of hydrogen-bond acceptors (Lipinski definition) is 4. The van der Waals surface area contributed by atoms with Crippen molar-refractivity contribution in [1.29, 1.82) is 0 Å². The SMILES string of the molecule is Cc1ccc(S(=O)(=O)N(CC(=O)N(Cc2ccc(F)cc2)C(Cc2ccccc2)C(=O)NC2CCCCC2)c2ccc(Cl)c(Cl)c2)cc1. The van der Waals surface area contributed by atoms with Crippen molar-refractivity contribution in [3.05, 3.63) is 130 Å². The highest BCUT2D eigenvalue weighted by Gasteiger charge is 2.35. The van der Waals surface area contributed by atoms with Gasteiger partial charge in [0.05, 0.1) is 20.6 Å². The maximum atomic E-state index is 14.6. The minimum Gasteiger partial charge on any atom is -0.352 e. The number of aryl methyl sites for hydroxylation is 1. The molecule has 4 aromatic carbocycles. The molecule has 0 spiro atoms. The van der Waals surface area contributed by atoms with Crippen LogP contribution in [0.15, 0.2) is 102 Å². The van der Waals surface area contributed by atoms with Gasteiger partial charge in [-0.05, 0) is 73.4 Å². The summed E-state index contributed by atoms with van der Waals surface area (Å²) in [6, 6.07) is 24.6. The first-order chi connectivity index (χ1) is 23.0. The average Bonchev–Trinajstić information content (AvgIpc) is 3.08. The lowest BCUT2D eigenvalue weighted by Crippen LogP contribution is -2.55. The predicted octanol–water partition coefficient (Wildman–Crippen LogP) is 7.73. The zero-order valence-corrected chi connectivity index (χ0v) is 28.9. The molecule has 48 heavy (non-hydrogen) atoms. The summed E-state index contributed by atoms with van der Waals surface area (Å²) in [7, 11) is -4.30. The van der Waals surface area contributed by atoms with E-state index in [0.29, 0.717) is 5.56 Å². The lowest BCUT2D eigenvalue weighted by atomic mass is 9.94. The number of benzene rings is 4. The first kappa shape index (κ1) is 35.4. The summed E-state index contributed by atoms with van der Waals surface area (Å²) in [6.45, 7) is 1.14. The normalized spacial score (nSPS) is 14.2. The summed E-state index contributed by atoms with van der Waals surface area (Å²) in [5.41, 5.74) is 2.40. The Morgan fingerprint density at radius 1 is 0.854 bits per heavy atom. The number of halogens is 3. The Kier molecular flexibility index (Phi) is 11.8. The van der Waals surface area contributed by atoms with Gasteiger partial charge in [0.2, 0.25) is 11.8 Å². The number of carbonyl (C=O) groups is 2. The molecule has 0 aliphatic heterocycles.